The van der Waals surface area contributed by atoms with Gasteiger partial charge < -0.3 is 5.32 Å². The van der Waals surface area contributed by atoms with Crippen molar-refractivity contribution in [2.24, 2.45) is 0 Å². The highest BCUT2D eigenvalue weighted by Crippen LogP contribution is 2.45. The van der Waals surface area contributed by atoms with E-state index in [0.29, 0.717) is 17.0 Å². The molecule has 1 saturated carbocycles. The van der Waals surface area contributed by atoms with E-state index >= 15 is 0 Å². The van der Waals surface area contributed by atoms with Crippen molar-refractivity contribution in [2.75, 3.05) is 5.32 Å². The number of carbonyl (C=O) groups excluding carboxylic acids is 1. The molecule has 1 aromatic carbocycles. The lowest BCUT2D eigenvalue weighted by Gasteiger charge is -2.09. The number of rotatable bonds is 7. The fourth-order valence-electron chi connectivity index (χ4n) is 3.55. The normalized spacial score (nSPS) is 14.2. The largest absolute Gasteiger partial charge is 0.416 e. The number of hydrogen-bond donors (Lipinski definition) is 1. The topological polar surface area (TPSA) is 64.7 Å². The number of benzene rings is 1. The third-order valence-corrected chi connectivity index (χ3v) is 5.64. The maximum absolute atomic E-state index is 13.2. The van der Waals surface area contributed by atoms with Crippen LogP contribution in [-0.4, -0.2) is 25.5 Å². The monoisotopic (exact) mass is 487 g/mol. The van der Waals surface area contributed by atoms with Crippen molar-refractivity contribution in [1.82, 2.24) is 19.6 Å². The zero-order chi connectivity index (χ0) is 23.9. The van der Waals surface area contributed by atoms with E-state index in [2.05, 4.69) is 15.5 Å². The summed E-state index contributed by atoms with van der Waals surface area (Å²) in [7, 11) is 0. The number of aryl methyl sites for hydroxylation is 1. The molecular weight excluding hydrogens is 469 g/mol. The van der Waals surface area contributed by atoms with Gasteiger partial charge in [0.05, 0.1) is 22.8 Å². The smallest absolute Gasteiger partial charge is 0.308 e. The number of aromatic nitrogens is 4. The molecule has 0 spiro atoms. The quantitative estimate of drug-likeness (QED) is 0.444. The zero-order valence-corrected chi connectivity index (χ0v) is 18.1. The van der Waals surface area contributed by atoms with E-state index < -0.39 is 29.8 Å². The summed E-state index contributed by atoms with van der Waals surface area (Å²) in [5.41, 5.74) is 0.129. The molecule has 3 aromatic rings. The summed E-state index contributed by atoms with van der Waals surface area (Å²) in [6.07, 6.45) is -5.73. The Bertz CT molecular complexity index is 1180. The average molecular weight is 488 g/mol. The second kappa shape index (κ2) is 8.77. The van der Waals surface area contributed by atoms with Crippen molar-refractivity contribution in [2.45, 2.75) is 51.4 Å². The second-order valence-corrected chi connectivity index (χ2v) is 8.27. The Morgan fingerprint density at radius 3 is 2.58 bits per heavy atom. The standard InChI is InChI=1S/C21H19ClF5N5O/c1-11-7-15(29-31(11)9-12-3-2-4-14(8-12)21(25,26)27)28-16(33)10-32-19(13-5-6-13)17(22)18(30-32)20(23)24/h2-4,7-8,13,20H,5-6,9-10H2,1H3,(H,28,29,33). The molecule has 1 aliphatic rings. The molecule has 0 atom stereocenters. The van der Waals surface area contributed by atoms with Gasteiger partial charge in [-0.05, 0) is 37.5 Å². The number of hydrogen-bond acceptors (Lipinski definition) is 3. The van der Waals surface area contributed by atoms with Gasteiger partial charge in [0.1, 0.15) is 12.2 Å². The molecular formula is C21H19ClF5N5O. The molecule has 176 valence electrons. The van der Waals surface area contributed by atoms with Gasteiger partial charge in [-0.2, -0.15) is 23.4 Å². The minimum atomic E-state index is -4.45. The van der Waals surface area contributed by atoms with Gasteiger partial charge in [0.25, 0.3) is 6.43 Å². The maximum Gasteiger partial charge on any atom is 0.416 e. The van der Waals surface area contributed by atoms with Gasteiger partial charge in [-0.1, -0.05) is 23.7 Å². The minimum absolute atomic E-state index is 0.000727. The van der Waals surface area contributed by atoms with Crippen LogP contribution in [0.5, 0.6) is 0 Å². The predicted octanol–water partition coefficient (Wildman–Crippen LogP) is 5.56. The molecule has 2 aromatic heterocycles. The molecule has 33 heavy (non-hydrogen) atoms. The summed E-state index contributed by atoms with van der Waals surface area (Å²) in [6.45, 7) is 1.45. The van der Waals surface area contributed by atoms with Crippen LogP contribution in [0.3, 0.4) is 0 Å². The first-order chi connectivity index (χ1) is 15.5. The Balaban J connectivity index is 1.47. The van der Waals surface area contributed by atoms with Crippen molar-refractivity contribution >= 4 is 23.3 Å². The Hall–Kier alpha value is -2.95. The zero-order valence-electron chi connectivity index (χ0n) is 17.3. The SMILES string of the molecule is Cc1cc(NC(=O)Cn2nc(C(F)F)c(Cl)c2C2CC2)nn1Cc1cccc(C(F)(F)F)c1. The van der Waals surface area contributed by atoms with Gasteiger partial charge in [0.15, 0.2) is 5.82 Å². The van der Waals surface area contributed by atoms with Gasteiger partial charge in [0, 0.05) is 17.7 Å². The lowest BCUT2D eigenvalue weighted by Crippen LogP contribution is -2.21. The van der Waals surface area contributed by atoms with Crippen LogP contribution in [0, 0.1) is 6.92 Å². The number of nitrogens with zero attached hydrogens (tertiary/aromatic N) is 4. The van der Waals surface area contributed by atoms with Gasteiger partial charge in [-0.25, -0.2) is 8.78 Å². The summed E-state index contributed by atoms with van der Waals surface area (Å²) >= 11 is 6.06. The van der Waals surface area contributed by atoms with Crippen LogP contribution in [0.25, 0.3) is 0 Å². The van der Waals surface area contributed by atoms with Crippen LogP contribution in [-0.2, 0) is 24.1 Å². The lowest BCUT2D eigenvalue weighted by molar-refractivity contribution is -0.137. The molecule has 12 heteroatoms. The Morgan fingerprint density at radius 2 is 1.94 bits per heavy atom. The number of nitrogens with one attached hydrogen (secondary N) is 1. The lowest BCUT2D eigenvalue weighted by atomic mass is 10.1. The summed E-state index contributed by atoms with van der Waals surface area (Å²) in [4.78, 5) is 12.5. The molecule has 4 rings (SSSR count). The first-order valence-corrected chi connectivity index (χ1v) is 10.5. The highest BCUT2D eigenvalue weighted by Gasteiger charge is 2.34. The van der Waals surface area contributed by atoms with E-state index in [9.17, 15) is 26.7 Å². The maximum atomic E-state index is 13.2. The first-order valence-electron chi connectivity index (χ1n) is 10.1. The molecule has 2 heterocycles. The van der Waals surface area contributed by atoms with Crippen LogP contribution in [0.4, 0.5) is 27.8 Å². The van der Waals surface area contributed by atoms with E-state index in [-0.39, 0.29) is 29.8 Å². The van der Waals surface area contributed by atoms with E-state index in [1.54, 1.807) is 19.1 Å². The molecule has 0 aliphatic heterocycles. The van der Waals surface area contributed by atoms with Gasteiger partial charge in [-0.3, -0.25) is 14.2 Å². The third kappa shape index (κ3) is 5.18. The summed E-state index contributed by atoms with van der Waals surface area (Å²) in [5.74, 6) is -0.357. The van der Waals surface area contributed by atoms with Crippen LogP contribution in [0.2, 0.25) is 5.02 Å². The number of amides is 1. The van der Waals surface area contributed by atoms with Crippen LogP contribution < -0.4 is 5.32 Å². The molecule has 0 radical (unpaired) electrons. The molecule has 0 bridgehead atoms. The van der Waals surface area contributed by atoms with Crippen LogP contribution in [0.15, 0.2) is 30.3 Å². The van der Waals surface area contributed by atoms with Crippen molar-refractivity contribution in [3.63, 3.8) is 0 Å². The number of alkyl halides is 5. The summed E-state index contributed by atoms with van der Waals surface area (Å²) in [5, 5.41) is 10.5. The number of carbonyl (C=O) groups is 1. The van der Waals surface area contributed by atoms with Crippen LogP contribution in [0.1, 0.15) is 53.4 Å². The number of anilines is 1. The summed E-state index contributed by atoms with van der Waals surface area (Å²) < 4.78 is 67.8. The Morgan fingerprint density at radius 1 is 1.21 bits per heavy atom. The van der Waals surface area contributed by atoms with Crippen molar-refractivity contribution in [1.29, 1.82) is 0 Å². The van der Waals surface area contributed by atoms with Gasteiger partial charge in [0.2, 0.25) is 5.91 Å². The van der Waals surface area contributed by atoms with Gasteiger partial charge in [-0.15, -0.1) is 0 Å². The molecule has 1 N–H and O–H groups in total. The van der Waals surface area contributed by atoms with E-state index in [4.69, 9.17) is 11.6 Å². The highest BCUT2D eigenvalue weighted by molar-refractivity contribution is 6.32. The predicted molar refractivity (Wildman–Crippen MR) is 110 cm³/mol. The van der Waals surface area contributed by atoms with E-state index in [1.807, 2.05) is 0 Å². The van der Waals surface area contributed by atoms with Crippen molar-refractivity contribution in [3.05, 3.63) is 63.6 Å². The highest BCUT2D eigenvalue weighted by atomic mass is 35.5. The molecule has 1 aliphatic carbocycles. The minimum Gasteiger partial charge on any atom is -0.308 e. The van der Waals surface area contributed by atoms with Crippen molar-refractivity contribution in [3.8, 4) is 0 Å². The first kappa shape index (κ1) is 23.2. The second-order valence-electron chi connectivity index (χ2n) is 7.89. The van der Waals surface area contributed by atoms with Crippen molar-refractivity contribution < 1.29 is 26.7 Å². The molecule has 0 unspecified atom stereocenters. The third-order valence-electron chi connectivity index (χ3n) is 5.26. The molecule has 1 amide bonds. The molecule has 1 fully saturated rings. The Labute approximate surface area is 190 Å². The Kier molecular flexibility index (Phi) is 6.17. The molecule has 0 saturated heterocycles. The van der Waals surface area contributed by atoms with Crippen LogP contribution >= 0.6 is 11.6 Å². The fourth-order valence-corrected chi connectivity index (χ4v) is 3.92. The summed E-state index contributed by atoms with van der Waals surface area (Å²) in [6, 6.07) is 6.47. The van der Waals surface area contributed by atoms with E-state index in [0.717, 1.165) is 25.0 Å². The number of halogens is 6. The average Bonchev–Trinajstić information content (AvgIpc) is 3.42. The fraction of sp³-hybridized carbons (Fsp3) is 0.381. The van der Waals surface area contributed by atoms with E-state index in [1.165, 1.54) is 15.4 Å². The molecule has 6 nitrogen and oxygen atoms in total. The van der Waals surface area contributed by atoms with Gasteiger partial charge >= 0.3 is 6.18 Å².